The van der Waals surface area contributed by atoms with Gasteiger partial charge in [-0.2, -0.15) is 0 Å². The first-order valence-electron chi connectivity index (χ1n) is 5.69. The van der Waals surface area contributed by atoms with E-state index >= 15 is 0 Å². The molecule has 0 aromatic heterocycles. The summed E-state index contributed by atoms with van der Waals surface area (Å²) in [7, 11) is 0. The molecular formula is C12H14F2N2OS. The Labute approximate surface area is 108 Å². The van der Waals surface area contributed by atoms with Crippen molar-refractivity contribution in [2.24, 2.45) is 5.73 Å². The summed E-state index contributed by atoms with van der Waals surface area (Å²) in [5.74, 6) is -1.76. The molecule has 2 rings (SSSR count). The third-order valence-corrected chi connectivity index (χ3v) is 3.75. The number of rotatable bonds is 6. The number of benzene rings is 1. The molecule has 1 fully saturated rings. The van der Waals surface area contributed by atoms with E-state index in [1.807, 2.05) is 0 Å². The normalized spacial score (nSPS) is 16.6. The van der Waals surface area contributed by atoms with Crippen LogP contribution in [0, 0.1) is 11.6 Å². The van der Waals surface area contributed by atoms with E-state index in [2.05, 4.69) is 5.32 Å². The van der Waals surface area contributed by atoms with Crippen molar-refractivity contribution < 1.29 is 13.6 Å². The molecule has 1 amide bonds. The topological polar surface area (TPSA) is 55.1 Å². The van der Waals surface area contributed by atoms with Gasteiger partial charge in [-0.15, -0.1) is 11.8 Å². The van der Waals surface area contributed by atoms with Crippen LogP contribution in [0.15, 0.2) is 23.1 Å². The van der Waals surface area contributed by atoms with Gasteiger partial charge in [0.2, 0.25) is 5.91 Å². The van der Waals surface area contributed by atoms with Gasteiger partial charge in [-0.3, -0.25) is 4.79 Å². The van der Waals surface area contributed by atoms with Crippen LogP contribution in [0.25, 0.3) is 0 Å². The predicted octanol–water partition coefficient (Wildman–Crippen LogP) is 1.66. The fourth-order valence-corrected chi connectivity index (χ4v) is 2.46. The molecule has 0 saturated heterocycles. The third-order valence-electron chi connectivity index (χ3n) is 2.67. The van der Waals surface area contributed by atoms with E-state index in [1.165, 1.54) is 17.8 Å². The fourth-order valence-electron chi connectivity index (χ4n) is 1.49. The Kier molecular flexibility index (Phi) is 4.19. The molecule has 1 unspecified atom stereocenters. The average molecular weight is 272 g/mol. The number of halogens is 2. The van der Waals surface area contributed by atoms with Crippen LogP contribution in [0.5, 0.6) is 0 Å². The molecule has 3 N–H and O–H groups in total. The highest BCUT2D eigenvalue weighted by Gasteiger charge is 2.27. The van der Waals surface area contributed by atoms with Crippen LogP contribution < -0.4 is 11.1 Å². The minimum Gasteiger partial charge on any atom is -0.368 e. The molecule has 1 aliphatic rings. The van der Waals surface area contributed by atoms with E-state index in [-0.39, 0.29) is 0 Å². The van der Waals surface area contributed by atoms with Crippen molar-refractivity contribution in [3.63, 3.8) is 0 Å². The largest absolute Gasteiger partial charge is 0.368 e. The third kappa shape index (κ3) is 3.68. The van der Waals surface area contributed by atoms with Crippen LogP contribution in [-0.2, 0) is 4.79 Å². The van der Waals surface area contributed by atoms with Crippen molar-refractivity contribution >= 4 is 17.7 Å². The van der Waals surface area contributed by atoms with Gasteiger partial charge < -0.3 is 11.1 Å². The number of primary amides is 1. The number of nitrogens with one attached hydrogen (secondary N) is 1. The molecule has 1 aromatic carbocycles. The van der Waals surface area contributed by atoms with E-state index in [1.54, 1.807) is 0 Å². The van der Waals surface area contributed by atoms with Crippen molar-refractivity contribution in [1.82, 2.24) is 5.32 Å². The SMILES string of the molecule is NC(=O)C(CSc1ccc(F)c(F)c1)NC1CC1. The summed E-state index contributed by atoms with van der Waals surface area (Å²) in [5, 5.41) is 3.12. The summed E-state index contributed by atoms with van der Waals surface area (Å²) in [4.78, 5) is 11.8. The van der Waals surface area contributed by atoms with Crippen LogP contribution >= 0.6 is 11.8 Å². The first-order valence-corrected chi connectivity index (χ1v) is 6.68. The van der Waals surface area contributed by atoms with E-state index in [9.17, 15) is 13.6 Å². The van der Waals surface area contributed by atoms with Gasteiger partial charge in [-0.1, -0.05) is 0 Å². The van der Waals surface area contributed by atoms with Crippen molar-refractivity contribution in [2.75, 3.05) is 5.75 Å². The highest BCUT2D eigenvalue weighted by Crippen LogP contribution is 2.23. The Morgan fingerprint density at radius 1 is 1.44 bits per heavy atom. The predicted molar refractivity (Wildman–Crippen MR) is 66.2 cm³/mol. The van der Waals surface area contributed by atoms with Gasteiger partial charge in [0.05, 0.1) is 6.04 Å². The Bertz CT molecular complexity index is 452. The zero-order valence-electron chi connectivity index (χ0n) is 9.66. The molecule has 1 atom stereocenters. The maximum Gasteiger partial charge on any atom is 0.235 e. The van der Waals surface area contributed by atoms with Crippen molar-refractivity contribution in [2.45, 2.75) is 29.8 Å². The Morgan fingerprint density at radius 2 is 2.17 bits per heavy atom. The number of hydrogen-bond donors (Lipinski definition) is 2. The van der Waals surface area contributed by atoms with E-state index in [0.717, 1.165) is 25.0 Å². The molecule has 0 bridgehead atoms. The Morgan fingerprint density at radius 3 is 2.72 bits per heavy atom. The van der Waals surface area contributed by atoms with Gasteiger partial charge in [0, 0.05) is 16.7 Å². The zero-order valence-corrected chi connectivity index (χ0v) is 10.5. The van der Waals surface area contributed by atoms with Crippen molar-refractivity contribution in [1.29, 1.82) is 0 Å². The zero-order chi connectivity index (χ0) is 13.1. The number of nitrogens with two attached hydrogens (primary N) is 1. The minimum absolute atomic E-state index is 0.369. The minimum atomic E-state index is -0.884. The number of carbonyl (C=O) groups excluding carboxylic acids is 1. The van der Waals surface area contributed by atoms with Crippen LogP contribution in [0.4, 0.5) is 8.78 Å². The molecule has 0 aliphatic heterocycles. The van der Waals surface area contributed by atoms with Gasteiger partial charge >= 0.3 is 0 Å². The lowest BCUT2D eigenvalue weighted by Gasteiger charge is -2.14. The van der Waals surface area contributed by atoms with Gasteiger partial charge in [-0.05, 0) is 31.0 Å². The summed E-state index contributed by atoms with van der Waals surface area (Å²) in [5.41, 5.74) is 5.28. The fraction of sp³-hybridized carbons (Fsp3) is 0.417. The second-order valence-electron chi connectivity index (χ2n) is 4.28. The summed E-state index contributed by atoms with van der Waals surface area (Å²) in [6.45, 7) is 0. The highest BCUT2D eigenvalue weighted by atomic mass is 32.2. The molecule has 3 nitrogen and oxygen atoms in total. The smallest absolute Gasteiger partial charge is 0.235 e. The lowest BCUT2D eigenvalue weighted by Crippen LogP contribution is -2.44. The Hall–Kier alpha value is -1.14. The van der Waals surface area contributed by atoms with Crippen molar-refractivity contribution in [3.8, 4) is 0 Å². The quantitative estimate of drug-likeness (QED) is 0.774. The lowest BCUT2D eigenvalue weighted by atomic mass is 10.3. The van der Waals surface area contributed by atoms with Gasteiger partial charge in [-0.25, -0.2) is 8.78 Å². The van der Waals surface area contributed by atoms with Crippen LogP contribution in [0.1, 0.15) is 12.8 Å². The molecule has 0 heterocycles. The lowest BCUT2D eigenvalue weighted by molar-refractivity contribution is -0.119. The second kappa shape index (κ2) is 5.67. The number of amides is 1. The number of hydrogen-bond acceptors (Lipinski definition) is 3. The summed E-state index contributed by atoms with van der Waals surface area (Å²) < 4.78 is 25.7. The van der Waals surface area contributed by atoms with E-state index in [0.29, 0.717) is 16.7 Å². The second-order valence-corrected chi connectivity index (χ2v) is 5.38. The summed E-state index contributed by atoms with van der Waals surface area (Å²) in [6, 6.07) is 3.61. The maximum absolute atomic E-state index is 13.0. The molecule has 1 saturated carbocycles. The highest BCUT2D eigenvalue weighted by molar-refractivity contribution is 7.99. The molecule has 0 radical (unpaired) electrons. The van der Waals surface area contributed by atoms with Gasteiger partial charge in [0.1, 0.15) is 0 Å². The molecule has 6 heteroatoms. The maximum atomic E-state index is 13.0. The standard InChI is InChI=1S/C12H14F2N2OS/c13-9-4-3-8(5-10(9)14)18-6-11(12(15)17)16-7-1-2-7/h3-5,7,11,16H,1-2,6H2,(H2,15,17). The van der Waals surface area contributed by atoms with Crippen molar-refractivity contribution in [3.05, 3.63) is 29.8 Å². The Balaban J connectivity index is 1.91. The molecule has 1 aromatic rings. The summed E-state index contributed by atoms with van der Waals surface area (Å²) in [6.07, 6.45) is 2.11. The molecule has 98 valence electrons. The van der Waals surface area contributed by atoms with Crippen LogP contribution in [-0.4, -0.2) is 23.7 Å². The molecular weight excluding hydrogens is 258 g/mol. The van der Waals surface area contributed by atoms with Gasteiger partial charge in [0.15, 0.2) is 11.6 Å². The monoisotopic (exact) mass is 272 g/mol. The molecule has 1 aliphatic carbocycles. The average Bonchev–Trinajstić information content (AvgIpc) is 3.12. The first kappa shape index (κ1) is 13.3. The van der Waals surface area contributed by atoms with Crippen LogP contribution in [0.3, 0.4) is 0 Å². The van der Waals surface area contributed by atoms with E-state index in [4.69, 9.17) is 5.73 Å². The summed E-state index contributed by atoms with van der Waals surface area (Å²) >= 11 is 1.28. The number of carbonyl (C=O) groups is 1. The molecule has 18 heavy (non-hydrogen) atoms. The van der Waals surface area contributed by atoms with E-state index < -0.39 is 23.6 Å². The van der Waals surface area contributed by atoms with Gasteiger partial charge in [0.25, 0.3) is 0 Å². The molecule has 0 spiro atoms. The van der Waals surface area contributed by atoms with Crippen LogP contribution in [0.2, 0.25) is 0 Å². The first-order chi connectivity index (χ1) is 8.56. The number of thioether (sulfide) groups is 1.